The molecular formula is C20H16F2N6O. The van der Waals surface area contributed by atoms with Crippen molar-refractivity contribution >= 4 is 11.9 Å². The molecule has 0 spiro atoms. The van der Waals surface area contributed by atoms with Crippen LogP contribution in [-0.4, -0.2) is 38.8 Å². The summed E-state index contributed by atoms with van der Waals surface area (Å²) >= 11 is 0. The van der Waals surface area contributed by atoms with Crippen LogP contribution in [0.3, 0.4) is 0 Å². The lowest BCUT2D eigenvalue weighted by molar-refractivity contribution is -0.129. The molecule has 1 aromatic carbocycles. The first-order valence-corrected chi connectivity index (χ1v) is 8.69. The molecule has 0 aliphatic carbocycles. The van der Waals surface area contributed by atoms with Crippen molar-refractivity contribution in [2.75, 3.05) is 7.05 Å². The number of aromatic nitrogens is 3. The Bertz CT molecular complexity index is 1100. The molecule has 1 aliphatic heterocycles. The van der Waals surface area contributed by atoms with Crippen molar-refractivity contribution in [3.8, 4) is 11.1 Å². The van der Waals surface area contributed by atoms with Gasteiger partial charge in [-0.15, -0.1) is 0 Å². The fourth-order valence-corrected chi connectivity index (χ4v) is 3.29. The van der Waals surface area contributed by atoms with E-state index in [1.54, 1.807) is 30.3 Å². The van der Waals surface area contributed by atoms with E-state index in [1.165, 1.54) is 36.6 Å². The van der Waals surface area contributed by atoms with Crippen LogP contribution in [0.25, 0.3) is 11.1 Å². The van der Waals surface area contributed by atoms with Gasteiger partial charge in [-0.05, 0) is 23.3 Å². The van der Waals surface area contributed by atoms with E-state index in [0.29, 0.717) is 22.3 Å². The Morgan fingerprint density at radius 2 is 1.79 bits per heavy atom. The van der Waals surface area contributed by atoms with Crippen LogP contribution >= 0.6 is 0 Å². The number of halogens is 2. The largest absolute Gasteiger partial charge is 0.369 e. The number of carbonyl (C=O) groups excluding carboxylic acids is 1. The highest BCUT2D eigenvalue weighted by Crippen LogP contribution is 2.40. The van der Waals surface area contributed by atoms with Crippen molar-refractivity contribution in [3.05, 3.63) is 77.9 Å². The van der Waals surface area contributed by atoms with Crippen molar-refractivity contribution in [2.45, 2.75) is 12.2 Å². The minimum absolute atomic E-state index is 0.0556. The molecule has 1 unspecified atom stereocenters. The molecule has 4 rings (SSSR count). The predicted molar refractivity (Wildman–Crippen MR) is 102 cm³/mol. The molecule has 146 valence electrons. The van der Waals surface area contributed by atoms with Crippen LogP contribution in [0.4, 0.5) is 8.78 Å². The Morgan fingerprint density at radius 3 is 2.38 bits per heavy atom. The molecule has 3 heterocycles. The molecule has 1 aliphatic rings. The first kappa shape index (κ1) is 18.6. The first-order chi connectivity index (χ1) is 14.0. The molecule has 9 heteroatoms. The zero-order valence-corrected chi connectivity index (χ0v) is 15.4. The fourth-order valence-electron chi connectivity index (χ4n) is 3.29. The maximum absolute atomic E-state index is 13.2. The maximum Gasteiger partial charge on any atom is 0.308 e. The fraction of sp³-hybridized carbons (Fsp3) is 0.150. The lowest BCUT2D eigenvalue weighted by Gasteiger charge is -2.26. The van der Waals surface area contributed by atoms with E-state index in [1.807, 2.05) is 0 Å². The number of rotatable bonds is 4. The lowest BCUT2D eigenvalue weighted by Crippen LogP contribution is -2.41. The molecule has 0 saturated carbocycles. The lowest BCUT2D eigenvalue weighted by atomic mass is 9.82. The third-order valence-electron chi connectivity index (χ3n) is 4.85. The van der Waals surface area contributed by atoms with Crippen molar-refractivity contribution in [1.29, 1.82) is 0 Å². The molecular weight excluding hydrogens is 378 g/mol. The summed E-state index contributed by atoms with van der Waals surface area (Å²) in [6.45, 7) is -0.716. The van der Waals surface area contributed by atoms with Crippen LogP contribution in [0, 0.1) is 6.08 Å². The van der Waals surface area contributed by atoms with Crippen LogP contribution < -0.4 is 5.73 Å². The number of guanidine groups is 1. The Labute approximate surface area is 165 Å². The highest BCUT2D eigenvalue weighted by atomic mass is 19.1. The van der Waals surface area contributed by atoms with E-state index >= 15 is 0 Å². The molecule has 7 nitrogen and oxygen atoms in total. The average molecular weight is 394 g/mol. The van der Waals surface area contributed by atoms with Crippen LogP contribution in [-0.2, 0) is 17.0 Å². The number of benzene rings is 1. The smallest absolute Gasteiger partial charge is 0.308 e. The highest BCUT2D eigenvalue weighted by molar-refractivity contribution is 6.09. The van der Waals surface area contributed by atoms with Crippen LogP contribution in [0.15, 0.2) is 60.0 Å². The zero-order chi connectivity index (χ0) is 20.6. The molecule has 2 N–H and O–H groups in total. The third-order valence-corrected chi connectivity index (χ3v) is 4.85. The number of carbonyl (C=O) groups is 1. The summed E-state index contributed by atoms with van der Waals surface area (Å²) in [7, 11) is 1.53. The normalized spacial score (nSPS) is 18.8. The van der Waals surface area contributed by atoms with Crippen LogP contribution in [0.2, 0.25) is 0 Å². The zero-order valence-electron chi connectivity index (χ0n) is 15.4. The summed E-state index contributed by atoms with van der Waals surface area (Å²) in [5, 5.41) is 0. The van der Waals surface area contributed by atoms with Gasteiger partial charge in [-0.1, -0.05) is 24.3 Å². The predicted octanol–water partition coefficient (Wildman–Crippen LogP) is 2.18. The van der Waals surface area contributed by atoms with Crippen LogP contribution in [0.5, 0.6) is 0 Å². The number of nitrogens with two attached hydrogens (primary N) is 1. The van der Waals surface area contributed by atoms with Gasteiger partial charge in [0, 0.05) is 36.8 Å². The van der Waals surface area contributed by atoms with Gasteiger partial charge >= 0.3 is 6.08 Å². The van der Waals surface area contributed by atoms with E-state index in [4.69, 9.17) is 5.73 Å². The van der Waals surface area contributed by atoms with Gasteiger partial charge in [-0.3, -0.25) is 14.7 Å². The number of nitrogens with zero attached hydrogens (tertiary/aromatic N) is 5. The van der Waals surface area contributed by atoms with E-state index in [9.17, 15) is 13.6 Å². The number of alkyl halides is 1. The minimum atomic E-state index is -1.46. The van der Waals surface area contributed by atoms with Crippen LogP contribution in [0.1, 0.15) is 16.8 Å². The van der Waals surface area contributed by atoms with E-state index < -0.39 is 18.3 Å². The molecule has 0 saturated heterocycles. The van der Waals surface area contributed by atoms with Gasteiger partial charge in [0.25, 0.3) is 5.91 Å². The summed E-state index contributed by atoms with van der Waals surface area (Å²) in [6.07, 6.45) is 3.30. The summed E-state index contributed by atoms with van der Waals surface area (Å²) in [6, 6.07) is 10.1. The molecule has 0 radical (unpaired) electrons. The van der Waals surface area contributed by atoms with E-state index in [0.717, 1.165) is 0 Å². The summed E-state index contributed by atoms with van der Waals surface area (Å²) < 4.78 is 26.0. The number of hydrogen-bond acceptors (Lipinski definition) is 6. The van der Waals surface area contributed by atoms with Crippen molar-refractivity contribution in [2.24, 2.45) is 10.7 Å². The second-order valence-corrected chi connectivity index (χ2v) is 6.54. The van der Waals surface area contributed by atoms with Gasteiger partial charge in [0.05, 0.1) is 5.69 Å². The Hall–Kier alpha value is -3.75. The number of likely N-dealkylation sites (N-methyl/N-ethyl adjacent to an activating group) is 1. The number of hydrogen-bond donors (Lipinski definition) is 1. The van der Waals surface area contributed by atoms with Gasteiger partial charge in [-0.25, -0.2) is 19.4 Å². The van der Waals surface area contributed by atoms with Crippen molar-refractivity contribution in [3.63, 3.8) is 0 Å². The van der Waals surface area contributed by atoms with Gasteiger partial charge in [0.1, 0.15) is 6.67 Å². The summed E-state index contributed by atoms with van der Waals surface area (Å²) in [5.41, 5.74) is 6.98. The van der Waals surface area contributed by atoms with Gasteiger partial charge in [0.2, 0.25) is 0 Å². The molecule has 0 fully saturated rings. The standard InChI is InChI=1S/C20H16F2N6O/c1-28-17(29)20(27-19(28)23,15-5-6-16(8-21)24-11-15)14-4-2-3-12(7-14)13-9-25-18(22)26-10-13/h2-7,9-11H,8H2,1H3,(H2,23,27). The maximum atomic E-state index is 13.2. The Morgan fingerprint density at radius 1 is 1.03 bits per heavy atom. The molecule has 29 heavy (non-hydrogen) atoms. The van der Waals surface area contributed by atoms with Crippen molar-refractivity contribution in [1.82, 2.24) is 19.9 Å². The molecule has 0 bridgehead atoms. The molecule has 1 amide bonds. The molecule has 3 aromatic rings. The number of amides is 1. The monoisotopic (exact) mass is 394 g/mol. The van der Waals surface area contributed by atoms with E-state index in [2.05, 4.69) is 19.9 Å². The third kappa shape index (κ3) is 3.00. The summed E-state index contributed by atoms with van der Waals surface area (Å²) in [5.74, 6) is -0.308. The molecule has 2 aromatic heterocycles. The number of aliphatic imine (C=N–C) groups is 1. The second kappa shape index (κ2) is 7.01. The topological polar surface area (TPSA) is 97.4 Å². The summed E-state index contributed by atoms with van der Waals surface area (Å²) in [4.78, 5) is 30.2. The highest BCUT2D eigenvalue weighted by Gasteiger charge is 2.49. The van der Waals surface area contributed by atoms with Gasteiger partial charge in [0.15, 0.2) is 11.5 Å². The molecule has 1 atom stereocenters. The quantitative estimate of drug-likeness (QED) is 0.684. The number of pyridine rings is 1. The Kier molecular flexibility index (Phi) is 4.50. The minimum Gasteiger partial charge on any atom is -0.369 e. The van der Waals surface area contributed by atoms with Crippen molar-refractivity contribution < 1.29 is 13.6 Å². The Balaban J connectivity index is 1.90. The van der Waals surface area contributed by atoms with Gasteiger partial charge in [-0.2, -0.15) is 4.39 Å². The average Bonchev–Trinajstić information content (AvgIpc) is 2.99. The second-order valence-electron chi connectivity index (χ2n) is 6.54. The van der Waals surface area contributed by atoms with Gasteiger partial charge < -0.3 is 5.73 Å². The van der Waals surface area contributed by atoms with E-state index in [-0.39, 0.29) is 17.6 Å². The first-order valence-electron chi connectivity index (χ1n) is 8.69. The SMILES string of the molecule is CN1C(=O)C(c2ccc(CF)nc2)(c2cccc(-c3cnc(F)nc3)c2)N=C1N.